The monoisotopic (exact) mass is 255 g/mol. The van der Waals surface area contributed by atoms with Crippen LogP contribution in [0.5, 0.6) is 0 Å². The van der Waals surface area contributed by atoms with Gasteiger partial charge in [0.25, 0.3) is 0 Å². The summed E-state index contributed by atoms with van der Waals surface area (Å²) in [6.07, 6.45) is 1.65. The Morgan fingerprint density at radius 2 is 2.12 bits per heavy atom. The Morgan fingerprint density at radius 1 is 1.44 bits per heavy atom. The van der Waals surface area contributed by atoms with E-state index in [0.717, 1.165) is 11.2 Å². The highest BCUT2D eigenvalue weighted by molar-refractivity contribution is 7.71. The van der Waals surface area contributed by atoms with E-state index in [9.17, 15) is 0 Å². The highest BCUT2D eigenvalue weighted by Gasteiger charge is 2.15. The van der Waals surface area contributed by atoms with Gasteiger partial charge >= 0.3 is 0 Å². The van der Waals surface area contributed by atoms with E-state index in [1.54, 1.807) is 6.20 Å². The summed E-state index contributed by atoms with van der Waals surface area (Å²) < 4.78 is 2.75. The van der Waals surface area contributed by atoms with Gasteiger partial charge in [-0.1, -0.05) is 25.4 Å². The molecule has 0 aliphatic rings. The number of hydrogen-bond acceptors (Lipinski definition) is 2. The largest absolute Gasteiger partial charge is 0.329 e. The van der Waals surface area contributed by atoms with Crippen LogP contribution >= 0.6 is 23.8 Å². The van der Waals surface area contributed by atoms with Crippen LogP contribution in [0.2, 0.25) is 5.02 Å². The second kappa shape index (κ2) is 4.18. The zero-order valence-electron chi connectivity index (χ0n) is 9.49. The quantitative estimate of drug-likeness (QED) is 0.824. The normalized spacial score (nSPS) is 13.6. The molecule has 2 rings (SSSR count). The third kappa shape index (κ3) is 1.87. The first-order chi connectivity index (χ1) is 7.50. The van der Waals surface area contributed by atoms with E-state index in [4.69, 9.17) is 23.8 Å². The lowest BCUT2D eigenvalue weighted by molar-refractivity contribution is 0.411. The van der Waals surface area contributed by atoms with Crippen molar-refractivity contribution in [3.8, 4) is 0 Å². The minimum Gasteiger partial charge on any atom is -0.329 e. The number of aromatic amines is 1. The van der Waals surface area contributed by atoms with E-state index in [-0.39, 0.29) is 0 Å². The van der Waals surface area contributed by atoms with Crippen molar-refractivity contribution in [3.63, 3.8) is 0 Å². The fourth-order valence-corrected chi connectivity index (χ4v) is 2.18. The smallest absolute Gasteiger partial charge is 0.179 e. The molecule has 0 spiro atoms. The third-order valence-electron chi connectivity index (χ3n) is 2.89. The van der Waals surface area contributed by atoms with Gasteiger partial charge in [-0.05, 0) is 31.1 Å². The molecule has 0 saturated heterocycles. The summed E-state index contributed by atoms with van der Waals surface area (Å²) in [6, 6.07) is 2.17. The molecule has 2 heterocycles. The van der Waals surface area contributed by atoms with Gasteiger partial charge in [0.05, 0.1) is 10.5 Å². The molecule has 1 atom stereocenters. The Labute approximate surface area is 104 Å². The molecule has 2 aromatic rings. The molecule has 5 heteroatoms. The van der Waals surface area contributed by atoms with E-state index >= 15 is 0 Å². The van der Waals surface area contributed by atoms with Gasteiger partial charge in [-0.3, -0.25) is 4.57 Å². The summed E-state index contributed by atoms with van der Waals surface area (Å²) >= 11 is 11.2. The predicted molar refractivity (Wildman–Crippen MR) is 69.5 cm³/mol. The summed E-state index contributed by atoms with van der Waals surface area (Å²) in [6.45, 7) is 6.48. The molecule has 3 nitrogen and oxygen atoms in total. The standard InChI is InChI=1S/C11H14ClN3S/c1-6(2)7(3)15-10-9(14-11(15)16)4-8(12)5-13-10/h4-7H,1-3H3,(H,14,16). The van der Waals surface area contributed by atoms with Crippen molar-refractivity contribution in [3.05, 3.63) is 22.1 Å². The van der Waals surface area contributed by atoms with Crippen molar-refractivity contribution in [2.75, 3.05) is 0 Å². The molecule has 0 aliphatic carbocycles. The summed E-state index contributed by atoms with van der Waals surface area (Å²) in [4.78, 5) is 7.47. The molecule has 16 heavy (non-hydrogen) atoms. The van der Waals surface area contributed by atoms with Crippen LogP contribution in [0.25, 0.3) is 11.2 Å². The van der Waals surface area contributed by atoms with Gasteiger partial charge in [0, 0.05) is 12.2 Å². The number of fused-ring (bicyclic) bond motifs is 1. The zero-order chi connectivity index (χ0) is 11.9. The number of nitrogens with zero attached hydrogens (tertiary/aromatic N) is 2. The van der Waals surface area contributed by atoms with E-state index < -0.39 is 0 Å². The van der Waals surface area contributed by atoms with Gasteiger partial charge in [0.15, 0.2) is 10.4 Å². The number of rotatable bonds is 2. The van der Waals surface area contributed by atoms with E-state index in [2.05, 4.69) is 30.7 Å². The first kappa shape index (κ1) is 11.6. The first-order valence-electron chi connectivity index (χ1n) is 5.26. The zero-order valence-corrected chi connectivity index (χ0v) is 11.1. The SMILES string of the molecule is CC(C)C(C)n1c(=S)[nH]c2cc(Cl)cnc21. The van der Waals surface area contributed by atoms with Crippen molar-refractivity contribution in [1.82, 2.24) is 14.5 Å². The van der Waals surface area contributed by atoms with Gasteiger partial charge in [0.2, 0.25) is 0 Å². The maximum atomic E-state index is 5.90. The number of pyridine rings is 1. The van der Waals surface area contributed by atoms with Crippen LogP contribution in [0.15, 0.2) is 12.3 Å². The topological polar surface area (TPSA) is 33.6 Å². The minimum absolute atomic E-state index is 0.315. The summed E-state index contributed by atoms with van der Waals surface area (Å²) in [5.41, 5.74) is 1.76. The highest BCUT2D eigenvalue weighted by atomic mass is 35.5. The second-order valence-electron chi connectivity index (χ2n) is 4.31. The summed E-state index contributed by atoms with van der Waals surface area (Å²) in [7, 11) is 0. The Bertz CT molecular complexity index is 570. The lowest BCUT2D eigenvalue weighted by Crippen LogP contribution is -2.11. The molecular weight excluding hydrogens is 242 g/mol. The number of nitrogens with one attached hydrogen (secondary N) is 1. The molecule has 0 aliphatic heterocycles. The average molecular weight is 256 g/mol. The molecule has 1 unspecified atom stereocenters. The van der Waals surface area contributed by atoms with Crippen molar-refractivity contribution < 1.29 is 0 Å². The summed E-state index contributed by atoms with van der Waals surface area (Å²) in [5.74, 6) is 0.503. The Hall–Kier alpha value is -0.870. The molecule has 0 bridgehead atoms. The van der Waals surface area contributed by atoms with Crippen LogP contribution in [0.4, 0.5) is 0 Å². The third-order valence-corrected chi connectivity index (χ3v) is 3.40. The molecule has 1 N–H and O–H groups in total. The van der Waals surface area contributed by atoms with Gasteiger partial charge in [-0.2, -0.15) is 0 Å². The minimum atomic E-state index is 0.315. The van der Waals surface area contributed by atoms with E-state index in [0.29, 0.717) is 21.8 Å². The maximum Gasteiger partial charge on any atom is 0.179 e. The average Bonchev–Trinajstić information content (AvgIpc) is 2.51. The van der Waals surface area contributed by atoms with Crippen LogP contribution in [0.3, 0.4) is 0 Å². The number of halogens is 1. The van der Waals surface area contributed by atoms with Gasteiger partial charge in [0.1, 0.15) is 0 Å². The van der Waals surface area contributed by atoms with Crippen LogP contribution in [0, 0.1) is 10.7 Å². The molecule has 0 fully saturated rings. The molecule has 0 aromatic carbocycles. The van der Waals surface area contributed by atoms with Crippen molar-refractivity contribution in [1.29, 1.82) is 0 Å². The van der Waals surface area contributed by atoms with E-state index in [1.165, 1.54) is 0 Å². The van der Waals surface area contributed by atoms with Crippen molar-refractivity contribution in [2.24, 2.45) is 5.92 Å². The van der Waals surface area contributed by atoms with Gasteiger partial charge in [-0.25, -0.2) is 4.98 Å². The number of imidazole rings is 1. The number of hydrogen-bond donors (Lipinski definition) is 1. The fourth-order valence-electron chi connectivity index (χ4n) is 1.66. The van der Waals surface area contributed by atoms with E-state index in [1.807, 2.05) is 10.6 Å². The lowest BCUT2D eigenvalue weighted by atomic mass is 10.1. The van der Waals surface area contributed by atoms with Crippen LogP contribution in [-0.4, -0.2) is 14.5 Å². The van der Waals surface area contributed by atoms with Crippen LogP contribution in [0.1, 0.15) is 26.8 Å². The molecule has 2 aromatic heterocycles. The predicted octanol–water partition coefficient (Wildman–Crippen LogP) is 3.96. The molecular formula is C11H14ClN3S. The number of aromatic nitrogens is 3. The van der Waals surface area contributed by atoms with Crippen molar-refractivity contribution in [2.45, 2.75) is 26.8 Å². The Kier molecular flexibility index (Phi) is 3.04. The Balaban J connectivity index is 2.70. The van der Waals surface area contributed by atoms with Crippen molar-refractivity contribution >= 4 is 35.0 Å². The second-order valence-corrected chi connectivity index (χ2v) is 5.13. The molecule has 0 radical (unpaired) electrons. The maximum absolute atomic E-state index is 5.90. The van der Waals surface area contributed by atoms with Gasteiger partial charge in [-0.15, -0.1) is 0 Å². The first-order valence-corrected chi connectivity index (χ1v) is 6.05. The summed E-state index contributed by atoms with van der Waals surface area (Å²) in [5, 5.41) is 0.619. The highest BCUT2D eigenvalue weighted by Crippen LogP contribution is 2.24. The fraction of sp³-hybridized carbons (Fsp3) is 0.455. The van der Waals surface area contributed by atoms with Crippen LogP contribution < -0.4 is 0 Å². The Morgan fingerprint density at radius 3 is 2.75 bits per heavy atom. The van der Waals surface area contributed by atoms with Gasteiger partial charge < -0.3 is 4.98 Å². The lowest BCUT2D eigenvalue weighted by Gasteiger charge is -2.17. The van der Waals surface area contributed by atoms with Crippen LogP contribution in [-0.2, 0) is 0 Å². The molecule has 0 amide bonds. The molecule has 0 saturated carbocycles. The number of H-pyrrole nitrogens is 1. The molecule has 86 valence electrons.